The molecule has 1 N–H and O–H groups in total. The molecule has 0 aliphatic carbocycles. The van der Waals surface area contributed by atoms with E-state index in [1.165, 1.54) is 5.56 Å². The summed E-state index contributed by atoms with van der Waals surface area (Å²) in [6, 6.07) is 17.3. The second kappa shape index (κ2) is 7.91. The maximum absolute atomic E-state index is 12.8. The molecule has 0 atom stereocenters. The summed E-state index contributed by atoms with van der Waals surface area (Å²) in [5, 5.41) is 3.79. The van der Waals surface area contributed by atoms with Gasteiger partial charge in [0.05, 0.1) is 11.2 Å². The van der Waals surface area contributed by atoms with Crippen molar-refractivity contribution < 1.29 is 9.59 Å². The lowest BCUT2D eigenvalue weighted by Gasteiger charge is -2.19. The van der Waals surface area contributed by atoms with Crippen molar-refractivity contribution in [3.8, 4) is 0 Å². The molecular weight excluding hydrogens is 364 g/mol. The molecule has 1 aromatic heterocycles. The van der Waals surface area contributed by atoms with Crippen molar-refractivity contribution in [1.29, 1.82) is 0 Å². The fourth-order valence-corrected chi connectivity index (χ4v) is 3.58. The van der Waals surface area contributed by atoms with Crippen LogP contribution in [0.1, 0.15) is 25.3 Å². The van der Waals surface area contributed by atoms with Gasteiger partial charge in [0.15, 0.2) is 0 Å². The molecule has 6 heteroatoms. The van der Waals surface area contributed by atoms with Gasteiger partial charge >= 0.3 is 6.03 Å². The van der Waals surface area contributed by atoms with E-state index in [4.69, 9.17) is 0 Å². The first-order chi connectivity index (χ1) is 14.0. The van der Waals surface area contributed by atoms with Crippen LogP contribution in [0.15, 0.2) is 60.8 Å². The summed E-state index contributed by atoms with van der Waals surface area (Å²) in [7, 11) is 0. The van der Waals surface area contributed by atoms with Crippen molar-refractivity contribution in [1.82, 2.24) is 9.88 Å². The highest BCUT2D eigenvalue weighted by atomic mass is 16.2. The lowest BCUT2D eigenvalue weighted by molar-refractivity contribution is -0.116. The number of nitrogens with zero attached hydrogens (tertiary/aromatic N) is 3. The summed E-state index contributed by atoms with van der Waals surface area (Å²) >= 11 is 0. The van der Waals surface area contributed by atoms with Gasteiger partial charge in [-0.2, -0.15) is 0 Å². The summed E-state index contributed by atoms with van der Waals surface area (Å²) in [5.41, 5.74) is 3.62. The highest BCUT2D eigenvalue weighted by molar-refractivity contribution is 6.03. The fraction of sp³-hybridized carbons (Fsp3) is 0.261. The van der Waals surface area contributed by atoms with E-state index in [9.17, 15) is 9.59 Å². The molecule has 0 saturated carbocycles. The van der Waals surface area contributed by atoms with Crippen molar-refractivity contribution >= 4 is 34.2 Å². The van der Waals surface area contributed by atoms with E-state index < -0.39 is 0 Å². The minimum Gasteiger partial charge on any atom is -0.324 e. The SMILES string of the molecule is CC(C)c1ccc(N2CCN(CC(=O)Nc3cccc4ncccc34)C2=O)cc1. The van der Waals surface area contributed by atoms with Gasteiger partial charge in [0.25, 0.3) is 0 Å². The second-order valence-electron chi connectivity index (χ2n) is 7.53. The maximum Gasteiger partial charge on any atom is 0.325 e. The number of fused-ring (bicyclic) bond motifs is 1. The average molecular weight is 388 g/mol. The predicted octanol–water partition coefficient (Wildman–Crippen LogP) is 4.24. The van der Waals surface area contributed by atoms with Crippen LogP contribution in [-0.2, 0) is 4.79 Å². The van der Waals surface area contributed by atoms with E-state index in [-0.39, 0.29) is 18.5 Å². The molecule has 2 heterocycles. The number of benzene rings is 2. The third-order valence-corrected chi connectivity index (χ3v) is 5.22. The lowest BCUT2D eigenvalue weighted by Crippen LogP contribution is -2.37. The van der Waals surface area contributed by atoms with Gasteiger partial charge in [0, 0.05) is 30.4 Å². The predicted molar refractivity (Wildman–Crippen MR) is 115 cm³/mol. The number of carbonyl (C=O) groups is 2. The molecule has 0 unspecified atom stereocenters. The summed E-state index contributed by atoms with van der Waals surface area (Å²) in [6.07, 6.45) is 1.72. The molecule has 3 amide bonds. The molecule has 4 rings (SSSR count). The van der Waals surface area contributed by atoms with Crippen LogP contribution in [0, 0.1) is 0 Å². The lowest BCUT2D eigenvalue weighted by atomic mass is 10.0. The van der Waals surface area contributed by atoms with Gasteiger partial charge in [-0.25, -0.2) is 4.79 Å². The minimum atomic E-state index is -0.216. The van der Waals surface area contributed by atoms with Crippen LogP contribution in [0.2, 0.25) is 0 Å². The fourth-order valence-electron chi connectivity index (χ4n) is 3.58. The van der Waals surface area contributed by atoms with E-state index in [0.717, 1.165) is 16.6 Å². The Morgan fingerprint density at radius 1 is 1.07 bits per heavy atom. The second-order valence-corrected chi connectivity index (χ2v) is 7.53. The van der Waals surface area contributed by atoms with Gasteiger partial charge in [0.2, 0.25) is 5.91 Å². The molecule has 148 valence electrons. The van der Waals surface area contributed by atoms with E-state index in [0.29, 0.717) is 24.7 Å². The Balaban J connectivity index is 1.42. The smallest absolute Gasteiger partial charge is 0.324 e. The third-order valence-electron chi connectivity index (χ3n) is 5.22. The highest BCUT2D eigenvalue weighted by Crippen LogP contribution is 2.24. The Bertz CT molecular complexity index is 1040. The van der Waals surface area contributed by atoms with Gasteiger partial charge in [0.1, 0.15) is 6.54 Å². The molecule has 1 saturated heterocycles. The Labute approximate surface area is 170 Å². The number of carbonyl (C=O) groups excluding carboxylic acids is 2. The zero-order valence-corrected chi connectivity index (χ0v) is 16.6. The van der Waals surface area contributed by atoms with Gasteiger partial charge in [-0.05, 0) is 47.9 Å². The number of aromatic nitrogens is 1. The van der Waals surface area contributed by atoms with Crippen LogP contribution < -0.4 is 10.2 Å². The molecular formula is C23H24N4O2. The standard InChI is InChI=1S/C23H24N4O2/c1-16(2)17-8-10-18(11-9-17)27-14-13-26(23(27)29)15-22(28)25-21-7-3-6-20-19(21)5-4-12-24-20/h3-12,16H,13-15H2,1-2H3,(H,25,28). The van der Waals surface area contributed by atoms with Gasteiger partial charge in [-0.1, -0.05) is 32.0 Å². The molecule has 0 bridgehead atoms. The molecule has 2 aromatic carbocycles. The molecule has 6 nitrogen and oxygen atoms in total. The molecule has 1 fully saturated rings. The van der Waals surface area contributed by atoms with E-state index in [1.54, 1.807) is 16.0 Å². The first-order valence-corrected chi connectivity index (χ1v) is 9.83. The van der Waals surface area contributed by atoms with Crippen molar-refractivity contribution in [2.45, 2.75) is 19.8 Å². The van der Waals surface area contributed by atoms with Gasteiger partial charge < -0.3 is 10.2 Å². The Morgan fingerprint density at radius 3 is 2.62 bits per heavy atom. The monoisotopic (exact) mass is 388 g/mol. The van der Waals surface area contributed by atoms with Crippen molar-refractivity contribution in [2.24, 2.45) is 0 Å². The van der Waals surface area contributed by atoms with Crippen LogP contribution in [0.5, 0.6) is 0 Å². The number of urea groups is 1. The third kappa shape index (κ3) is 3.92. The van der Waals surface area contributed by atoms with E-state index in [2.05, 4.69) is 36.3 Å². The summed E-state index contributed by atoms with van der Waals surface area (Å²) in [4.78, 5) is 33.0. The van der Waals surface area contributed by atoms with Crippen LogP contribution in [0.3, 0.4) is 0 Å². The number of anilines is 2. The molecule has 29 heavy (non-hydrogen) atoms. The molecule has 0 radical (unpaired) electrons. The number of hydrogen-bond acceptors (Lipinski definition) is 3. The largest absolute Gasteiger partial charge is 0.325 e. The van der Waals surface area contributed by atoms with Gasteiger partial charge in [-0.3, -0.25) is 14.7 Å². The minimum absolute atomic E-state index is 0.0239. The molecule has 1 aliphatic rings. The quantitative estimate of drug-likeness (QED) is 0.711. The Morgan fingerprint density at radius 2 is 1.86 bits per heavy atom. The summed E-state index contributed by atoms with van der Waals surface area (Å²) in [6.45, 7) is 5.40. The molecule has 1 aliphatic heterocycles. The zero-order chi connectivity index (χ0) is 20.4. The van der Waals surface area contributed by atoms with Crippen LogP contribution in [0.4, 0.5) is 16.2 Å². The van der Waals surface area contributed by atoms with Crippen molar-refractivity contribution in [2.75, 3.05) is 29.9 Å². The zero-order valence-electron chi connectivity index (χ0n) is 16.6. The van der Waals surface area contributed by atoms with Crippen molar-refractivity contribution in [3.05, 3.63) is 66.4 Å². The van der Waals surface area contributed by atoms with Crippen LogP contribution in [-0.4, -0.2) is 41.5 Å². The highest BCUT2D eigenvalue weighted by Gasteiger charge is 2.30. The van der Waals surface area contributed by atoms with Crippen LogP contribution in [0.25, 0.3) is 10.9 Å². The molecule has 3 aromatic rings. The van der Waals surface area contributed by atoms with Gasteiger partial charge in [-0.15, -0.1) is 0 Å². The topological polar surface area (TPSA) is 65.5 Å². The first kappa shape index (κ1) is 18.9. The van der Waals surface area contributed by atoms with E-state index in [1.807, 2.05) is 42.5 Å². The average Bonchev–Trinajstić information content (AvgIpc) is 3.08. The maximum atomic E-state index is 12.8. The Hall–Kier alpha value is -3.41. The number of pyridine rings is 1. The van der Waals surface area contributed by atoms with E-state index >= 15 is 0 Å². The number of nitrogens with one attached hydrogen (secondary N) is 1. The summed E-state index contributed by atoms with van der Waals surface area (Å²) < 4.78 is 0. The number of hydrogen-bond donors (Lipinski definition) is 1. The first-order valence-electron chi connectivity index (χ1n) is 9.83. The molecule has 0 spiro atoms. The summed E-state index contributed by atoms with van der Waals surface area (Å²) in [5.74, 6) is 0.231. The normalized spacial score (nSPS) is 14.1. The number of rotatable bonds is 5. The van der Waals surface area contributed by atoms with Crippen molar-refractivity contribution in [3.63, 3.8) is 0 Å². The van der Waals surface area contributed by atoms with Crippen LogP contribution >= 0.6 is 0 Å². The Kier molecular flexibility index (Phi) is 5.16. The number of amides is 3.